The molecule has 0 unspecified atom stereocenters. The van der Waals surface area contributed by atoms with Crippen LogP contribution in [0.5, 0.6) is 11.5 Å². The third kappa shape index (κ3) is 5.09. The molecule has 126 valence electrons. The number of amides is 1. The summed E-state index contributed by atoms with van der Waals surface area (Å²) in [6.07, 6.45) is 1.38. The zero-order valence-corrected chi connectivity index (χ0v) is 15.1. The highest BCUT2D eigenvalue weighted by Gasteiger charge is 2.08. The lowest BCUT2D eigenvalue weighted by Gasteiger charge is -2.13. The van der Waals surface area contributed by atoms with Crippen LogP contribution in [0.2, 0.25) is 0 Å². The van der Waals surface area contributed by atoms with Crippen molar-refractivity contribution in [1.82, 2.24) is 5.43 Å². The molecular weight excluding hydrogens is 372 g/mol. The van der Waals surface area contributed by atoms with Crippen molar-refractivity contribution in [2.75, 3.05) is 6.61 Å². The number of aromatic hydroxyl groups is 1. The molecule has 0 fully saturated rings. The van der Waals surface area contributed by atoms with Gasteiger partial charge >= 0.3 is 0 Å². The average molecular weight is 391 g/mol. The number of phenolic OH excluding ortho intramolecular Hbond substituents is 1. The molecule has 24 heavy (non-hydrogen) atoms. The number of nitrogens with zero attached hydrogens (tertiary/aromatic N) is 1. The van der Waals surface area contributed by atoms with Crippen molar-refractivity contribution in [3.63, 3.8) is 0 Å². The lowest BCUT2D eigenvalue weighted by Crippen LogP contribution is -2.24. The summed E-state index contributed by atoms with van der Waals surface area (Å²) in [5, 5.41) is 13.5. The van der Waals surface area contributed by atoms with Crippen molar-refractivity contribution in [2.45, 2.75) is 19.8 Å². The summed E-state index contributed by atoms with van der Waals surface area (Å²) in [6, 6.07) is 12.6. The topological polar surface area (TPSA) is 70.9 Å². The normalized spacial score (nSPS) is 11.0. The van der Waals surface area contributed by atoms with Crippen molar-refractivity contribution in [2.24, 2.45) is 5.10 Å². The van der Waals surface area contributed by atoms with Crippen LogP contribution in [-0.4, -0.2) is 23.8 Å². The third-order valence-electron chi connectivity index (χ3n) is 3.28. The Morgan fingerprint density at radius 3 is 2.83 bits per heavy atom. The molecule has 0 aliphatic rings. The molecule has 0 saturated carbocycles. The molecule has 0 saturated heterocycles. The lowest BCUT2D eigenvalue weighted by molar-refractivity contribution is -0.123. The van der Waals surface area contributed by atoms with Crippen molar-refractivity contribution in [3.8, 4) is 11.5 Å². The van der Waals surface area contributed by atoms with Gasteiger partial charge in [0.1, 0.15) is 11.5 Å². The number of ether oxygens (including phenoxy) is 1. The van der Waals surface area contributed by atoms with E-state index in [1.165, 1.54) is 6.21 Å². The fourth-order valence-electron chi connectivity index (χ4n) is 2.07. The summed E-state index contributed by atoms with van der Waals surface area (Å²) in [6.45, 7) is 4.00. The quantitative estimate of drug-likeness (QED) is 0.581. The first kappa shape index (κ1) is 18.0. The van der Waals surface area contributed by atoms with E-state index in [0.29, 0.717) is 17.2 Å². The van der Waals surface area contributed by atoms with E-state index in [-0.39, 0.29) is 18.3 Å². The van der Waals surface area contributed by atoms with Gasteiger partial charge < -0.3 is 9.84 Å². The van der Waals surface area contributed by atoms with Crippen LogP contribution in [0.4, 0.5) is 0 Å². The van der Waals surface area contributed by atoms with E-state index in [1.807, 2.05) is 24.3 Å². The Balaban J connectivity index is 1.90. The fourth-order valence-corrected chi connectivity index (χ4v) is 2.45. The van der Waals surface area contributed by atoms with Gasteiger partial charge in [-0.3, -0.25) is 4.79 Å². The minimum Gasteiger partial charge on any atom is -0.507 e. The Bertz CT molecular complexity index is 745. The van der Waals surface area contributed by atoms with Crippen molar-refractivity contribution < 1.29 is 14.6 Å². The van der Waals surface area contributed by atoms with Crippen molar-refractivity contribution >= 4 is 28.1 Å². The van der Waals surface area contributed by atoms with E-state index < -0.39 is 0 Å². The van der Waals surface area contributed by atoms with Gasteiger partial charge in [0, 0.05) is 10.0 Å². The Morgan fingerprint density at radius 2 is 2.08 bits per heavy atom. The molecule has 0 aliphatic carbocycles. The standard InChI is InChI=1S/C18H19BrN2O3/c1-12(2)15-5-3-4-6-17(15)24-11-18(23)21-20-10-13-9-14(19)7-8-16(13)22/h3-10,12,22H,11H2,1-2H3,(H,21,23). The van der Waals surface area contributed by atoms with Crippen molar-refractivity contribution in [1.29, 1.82) is 0 Å². The number of hydrogen-bond acceptors (Lipinski definition) is 4. The van der Waals surface area contributed by atoms with Crippen LogP contribution >= 0.6 is 15.9 Å². The van der Waals surface area contributed by atoms with Crippen LogP contribution in [0.1, 0.15) is 30.9 Å². The van der Waals surface area contributed by atoms with Gasteiger partial charge in [-0.1, -0.05) is 48.0 Å². The molecule has 0 atom stereocenters. The number of para-hydroxylation sites is 1. The maximum atomic E-state index is 11.8. The van der Waals surface area contributed by atoms with Crippen LogP contribution < -0.4 is 10.2 Å². The number of carbonyl (C=O) groups is 1. The van der Waals surface area contributed by atoms with E-state index >= 15 is 0 Å². The number of hydrogen-bond donors (Lipinski definition) is 2. The molecule has 0 spiro atoms. The second-order valence-electron chi connectivity index (χ2n) is 5.48. The maximum Gasteiger partial charge on any atom is 0.277 e. The molecule has 1 amide bonds. The SMILES string of the molecule is CC(C)c1ccccc1OCC(=O)NN=Cc1cc(Br)ccc1O. The second kappa shape index (κ2) is 8.49. The average Bonchev–Trinajstić information content (AvgIpc) is 2.56. The van der Waals surface area contributed by atoms with Gasteiger partial charge in [0.25, 0.3) is 5.91 Å². The number of halogens is 1. The summed E-state index contributed by atoms with van der Waals surface area (Å²) >= 11 is 3.31. The Kier molecular flexibility index (Phi) is 6.37. The van der Waals surface area contributed by atoms with Gasteiger partial charge in [-0.25, -0.2) is 5.43 Å². The molecule has 6 heteroatoms. The monoisotopic (exact) mass is 390 g/mol. The van der Waals surface area contributed by atoms with Crippen LogP contribution in [0.15, 0.2) is 52.0 Å². The van der Waals surface area contributed by atoms with E-state index in [0.717, 1.165) is 10.0 Å². The maximum absolute atomic E-state index is 11.8. The van der Waals surface area contributed by atoms with Gasteiger partial charge in [0.15, 0.2) is 6.61 Å². The Labute approximate surface area is 149 Å². The van der Waals surface area contributed by atoms with Gasteiger partial charge in [-0.15, -0.1) is 0 Å². The molecule has 2 aromatic carbocycles. The van der Waals surface area contributed by atoms with Crippen LogP contribution in [0.25, 0.3) is 0 Å². The summed E-state index contributed by atoms with van der Waals surface area (Å²) in [4.78, 5) is 11.8. The first-order chi connectivity index (χ1) is 11.5. The predicted molar refractivity (Wildman–Crippen MR) is 97.6 cm³/mol. The molecule has 5 nitrogen and oxygen atoms in total. The summed E-state index contributed by atoms with van der Waals surface area (Å²) in [5.74, 6) is 0.704. The van der Waals surface area contributed by atoms with Gasteiger partial charge in [0.05, 0.1) is 6.21 Å². The third-order valence-corrected chi connectivity index (χ3v) is 3.78. The number of benzene rings is 2. The van der Waals surface area contributed by atoms with E-state index in [9.17, 15) is 9.90 Å². The molecule has 2 N–H and O–H groups in total. The molecule has 0 radical (unpaired) electrons. The number of hydrazone groups is 1. The zero-order chi connectivity index (χ0) is 17.5. The molecule has 0 aromatic heterocycles. The molecule has 0 bridgehead atoms. The highest BCUT2D eigenvalue weighted by atomic mass is 79.9. The Hall–Kier alpha value is -2.34. The number of rotatable bonds is 6. The van der Waals surface area contributed by atoms with Crippen molar-refractivity contribution in [3.05, 3.63) is 58.1 Å². The molecule has 0 aliphatic heterocycles. The summed E-state index contributed by atoms with van der Waals surface area (Å²) in [5.41, 5.74) is 3.92. The molecule has 2 aromatic rings. The largest absolute Gasteiger partial charge is 0.507 e. The number of nitrogens with one attached hydrogen (secondary N) is 1. The van der Waals surface area contributed by atoms with Crippen LogP contribution in [0, 0.1) is 0 Å². The molecule has 2 rings (SSSR count). The molecular formula is C18H19BrN2O3. The highest BCUT2D eigenvalue weighted by Crippen LogP contribution is 2.25. The lowest BCUT2D eigenvalue weighted by atomic mass is 10.0. The highest BCUT2D eigenvalue weighted by molar-refractivity contribution is 9.10. The summed E-state index contributed by atoms with van der Waals surface area (Å²) < 4.78 is 6.37. The van der Waals surface area contributed by atoms with E-state index in [4.69, 9.17) is 4.74 Å². The van der Waals surface area contributed by atoms with Gasteiger partial charge in [-0.2, -0.15) is 5.10 Å². The van der Waals surface area contributed by atoms with E-state index in [2.05, 4.69) is 40.3 Å². The number of carbonyl (C=O) groups excluding carboxylic acids is 1. The fraction of sp³-hybridized carbons (Fsp3) is 0.222. The smallest absolute Gasteiger partial charge is 0.277 e. The zero-order valence-electron chi connectivity index (χ0n) is 13.5. The van der Waals surface area contributed by atoms with E-state index in [1.54, 1.807) is 18.2 Å². The molecule has 0 heterocycles. The minimum atomic E-state index is -0.376. The predicted octanol–water partition coefficient (Wildman–Crippen LogP) is 3.81. The van der Waals surface area contributed by atoms with Gasteiger partial charge in [0.2, 0.25) is 0 Å². The minimum absolute atomic E-state index is 0.0818. The Morgan fingerprint density at radius 1 is 1.33 bits per heavy atom. The van der Waals surface area contributed by atoms with Crippen LogP contribution in [-0.2, 0) is 4.79 Å². The summed E-state index contributed by atoms with van der Waals surface area (Å²) in [7, 11) is 0. The first-order valence-electron chi connectivity index (χ1n) is 7.49. The second-order valence-corrected chi connectivity index (χ2v) is 6.39. The number of phenols is 1. The first-order valence-corrected chi connectivity index (χ1v) is 8.29. The van der Waals surface area contributed by atoms with Crippen LogP contribution in [0.3, 0.4) is 0 Å². The van der Waals surface area contributed by atoms with Gasteiger partial charge in [-0.05, 0) is 35.7 Å².